The maximum Gasteiger partial charge on any atom is 0.100 e. The fourth-order valence-electron chi connectivity index (χ4n) is 0.0577. The van der Waals surface area contributed by atoms with Crippen LogP contribution in [0.4, 0.5) is 0 Å². The zero-order valence-corrected chi connectivity index (χ0v) is 4.90. The van der Waals surface area contributed by atoms with E-state index in [1.165, 1.54) is 0 Å². The molecule has 0 unspecified atom stereocenters. The van der Waals surface area contributed by atoms with E-state index in [0.29, 0.717) is 0 Å². The Morgan fingerprint density at radius 1 is 1.22 bits per heavy atom. The van der Waals surface area contributed by atoms with Gasteiger partial charge >= 0.3 is 0 Å². The second-order valence-electron chi connectivity index (χ2n) is 1.16. The molecule has 0 saturated carbocycles. The molecule has 0 heterocycles. The third-order valence-corrected chi connectivity index (χ3v) is 0.421. The monoisotopic (exact) mass is 140 g/mol. The summed E-state index contributed by atoms with van der Waals surface area (Å²) >= 11 is 0. The van der Waals surface area contributed by atoms with E-state index in [9.17, 15) is 0 Å². The van der Waals surface area contributed by atoms with Gasteiger partial charge in [0, 0.05) is 0 Å². The number of aliphatic hydroxyl groups is 3. The molecule has 0 aliphatic rings. The second-order valence-corrected chi connectivity index (χ2v) is 1.16. The molecular weight excluding hydrogens is 128 g/mol. The van der Waals surface area contributed by atoms with Crippen molar-refractivity contribution in [3.05, 3.63) is 0 Å². The maximum absolute atomic E-state index is 8.17. The first kappa shape index (κ1) is 11.5. The SMILES string of the molecule is NON.OCC(O)CO. The van der Waals surface area contributed by atoms with Crippen molar-refractivity contribution in [2.75, 3.05) is 13.2 Å². The second kappa shape index (κ2) is 10.7. The van der Waals surface area contributed by atoms with Crippen molar-refractivity contribution in [3.8, 4) is 0 Å². The summed E-state index contributed by atoms with van der Waals surface area (Å²) in [7, 11) is 0. The van der Waals surface area contributed by atoms with Gasteiger partial charge in [-0.15, -0.1) is 0 Å². The Morgan fingerprint density at radius 2 is 1.44 bits per heavy atom. The highest BCUT2D eigenvalue weighted by Gasteiger charge is 1.93. The summed E-state index contributed by atoms with van der Waals surface area (Å²) in [6, 6.07) is 0. The topological polar surface area (TPSA) is 122 Å². The maximum atomic E-state index is 8.17. The summed E-state index contributed by atoms with van der Waals surface area (Å²) < 4.78 is 0. The molecule has 0 fully saturated rings. The molecule has 0 amide bonds. The minimum atomic E-state index is -0.954. The fraction of sp³-hybridized carbons (Fsp3) is 1.00. The molecule has 6 heteroatoms. The summed E-state index contributed by atoms with van der Waals surface area (Å²) in [5, 5.41) is 24.0. The Hall–Kier alpha value is -0.240. The van der Waals surface area contributed by atoms with Gasteiger partial charge in [-0.05, 0) is 0 Å². The van der Waals surface area contributed by atoms with E-state index in [2.05, 4.69) is 16.7 Å². The number of hydrogen-bond acceptors (Lipinski definition) is 6. The van der Waals surface area contributed by atoms with Crippen molar-refractivity contribution >= 4 is 0 Å². The highest BCUT2D eigenvalue weighted by atomic mass is 16.7. The van der Waals surface area contributed by atoms with E-state index in [4.69, 9.17) is 15.3 Å². The molecule has 0 saturated heterocycles. The van der Waals surface area contributed by atoms with E-state index in [1.807, 2.05) is 0 Å². The van der Waals surface area contributed by atoms with Crippen LogP contribution in [0, 0.1) is 0 Å². The zero-order chi connectivity index (χ0) is 7.70. The molecule has 0 aromatic rings. The van der Waals surface area contributed by atoms with Crippen molar-refractivity contribution in [2.45, 2.75) is 6.10 Å². The van der Waals surface area contributed by atoms with Gasteiger partial charge in [0.25, 0.3) is 0 Å². The molecule has 0 radical (unpaired) electrons. The Labute approximate surface area is 52.6 Å². The molecule has 0 aromatic heterocycles. The molecule has 0 aromatic carbocycles. The predicted molar refractivity (Wildman–Crippen MR) is 29.6 cm³/mol. The van der Waals surface area contributed by atoms with Crippen LogP contribution in [0.15, 0.2) is 0 Å². The largest absolute Gasteiger partial charge is 0.394 e. The number of rotatable bonds is 2. The first-order chi connectivity index (χ1) is 4.22. The standard InChI is InChI=1S/C3H8O3.H4N2O/c4-1-3(6)2-5;1-3-2/h3-6H,1-2H2;1-2H2. The molecule has 0 rings (SSSR count). The molecule has 0 bridgehead atoms. The van der Waals surface area contributed by atoms with Crippen LogP contribution < -0.4 is 11.8 Å². The molecule has 0 aliphatic carbocycles. The molecule has 0 aliphatic heterocycles. The van der Waals surface area contributed by atoms with Gasteiger partial charge in [0.15, 0.2) is 0 Å². The van der Waals surface area contributed by atoms with Gasteiger partial charge in [-0.3, -0.25) is 0 Å². The van der Waals surface area contributed by atoms with E-state index in [1.54, 1.807) is 0 Å². The molecule has 0 spiro atoms. The number of nitrogens with two attached hydrogens (primary N) is 2. The number of hydrogen-bond donors (Lipinski definition) is 5. The molecule has 9 heavy (non-hydrogen) atoms. The highest BCUT2D eigenvalue weighted by molar-refractivity contribution is 4.43. The lowest BCUT2D eigenvalue weighted by atomic mass is 10.4. The van der Waals surface area contributed by atoms with E-state index in [0.717, 1.165) is 0 Å². The normalized spacial score (nSPS) is 8.67. The van der Waals surface area contributed by atoms with Crippen LogP contribution in [0.25, 0.3) is 0 Å². The summed E-state index contributed by atoms with van der Waals surface area (Å²) in [6.07, 6.45) is -0.954. The van der Waals surface area contributed by atoms with Crippen LogP contribution in [0.5, 0.6) is 0 Å². The molecular formula is C3H12N2O4. The highest BCUT2D eigenvalue weighted by Crippen LogP contribution is 1.71. The Bertz CT molecular complexity index is 40.8. The predicted octanol–water partition coefficient (Wildman–Crippen LogP) is -2.92. The van der Waals surface area contributed by atoms with Gasteiger partial charge in [0.1, 0.15) is 6.10 Å². The van der Waals surface area contributed by atoms with Crippen molar-refractivity contribution < 1.29 is 20.3 Å². The van der Waals surface area contributed by atoms with Gasteiger partial charge in [-0.25, -0.2) is 4.94 Å². The van der Waals surface area contributed by atoms with Crippen LogP contribution in [0.3, 0.4) is 0 Å². The van der Waals surface area contributed by atoms with Gasteiger partial charge < -0.3 is 15.3 Å². The summed E-state index contributed by atoms with van der Waals surface area (Å²) in [4.78, 5) is 3.25. The van der Waals surface area contributed by atoms with Gasteiger partial charge in [0.05, 0.1) is 13.2 Å². The van der Waals surface area contributed by atoms with Crippen molar-refractivity contribution in [1.82, 2.24) is 0 Å². The van der Waals surface area contributed by atoms with E-state index in [-0.39, 0.29) is 13.2 Å². The van der Waals surface area contributed by atoms with Crippen LogP contribution in [-0.4, -0.2) is 34.6 Å². The van der Waals surface area contributed by atoms with Crippen molar-refractivity contribution in [1.29, 1.82) is 0 Å². The van der Waals surface area contributed by atoms with Crippen LogP contribution in [0.2, 0.25) is 0 Å². The summed E-state index contributed by atoms with van der Waals surface area (Å²) in [5.74, 6) is 8.25. The third kappa shape index (κ3) is 18.2. The molecule has 0 atom stereocenters. The average molecular weight is 140 g/mol. The average Bonchev–Trinajstić information content (AvgIpc) is 1.88. The van der Waals surface area contributed by atoms with E-state index < -0.39 is 6.10 Å². The first-order valence-corrected chi connectivity index (χ1v) is 2.18. The minimum Gasteiger partial charge on any atom is -0.394 e. The Kier molecular flexibility index (Phi) is 13.7. The lowest BCUT2D eigenvalue weighted by Gasteiger charge is -1.96. The Morgan fingerprint density at radius 3 is 1.44 bits per heavy atom. The van der Waals surface area contributed by atoms with Gasteiger partial charge in [-0.1, -0.05) is 0 Å². The van der Waals surface area contributed by atoms with Crippen LogP contribution >= 0.6 is 0 Å². The lowest BCUT2D eigenvalue weighted by molar-refractivity contribution is 0.0450. The van der Waals surface area contributed by atoms with Gasteiger partial charge in [-0.2, -0.15) is 11.8 Å². The number of aliphatic hydroxyl groups excluding tert-OH is 3. The van der Waals surface area contributed by atoms with Gasteiger partial charge in [0.2, 0.25) is 0 Å². The van der Waals surface area contributed by atoms with Crippen molar-refractivity contribution in [2.24, 2.45) is 11.8 Å². The Balaban J connectivity index is 0. The quantitative estimate of drug-likeness (QED) is 0.262. The molecule has 58 valence electrons. The smallest absolute Gasteiger partial charge is 0.100 e. The third-order valence-electron chi connectivity index (χ3n) is 0.421. The first-order valence-electron chi connectivity index (χ1n) is 2.18. The summed E-state index contributed by atoms with van der Waals surface area (Å²) in [6.45, 7) is -0.729. The fourth-order valence-corrected chi connectivity index (χ4v) is 0.0577. The van der Waals surface area contributed by atoms with Crippen LogP contribution in [-0.2, 0) is 4.94 Å². The minimum absolute atomic E-state index is 0.365. The molecule has 6 nitrogen and oxygen atoms in total. The zero-order valence-electron chi connectivity index (χ0n) is 4.90. The molecule has 7 N–H and O–H groups in total. The summed E-state index contributed by atoms with van der Waals surface area (Å²) in [5.41, 5.74) is 0. The van der Waals surface area contributed by atoms with E-state index >= 15 is 0 Å². The van der Waals surface area contributed by atoms with Crippen LogP contribution in [0.1, 0.15) is 0 Å². The van der Waals surface area contributed by atoms with Crippen molar-refractivity contribution in [3.63, 3.8) is 0 Å². The lowest BCUT2D eigenvalue weighted by Crippen LogP contribution is -2.15.